The molecule has 0 amide bonds. The van der Waals surface area contributed by atoms with Gasteiger partial charge >= 0.3 is 0 Å². The van der Waals surface area contributed by atoms with E-state index < -0.39 is 0 Å². The van der Waals surface area contributed by atoms with E-state index in [4.69, 9.17) is 8.83 Å². The summed E-state index contributed by atoms with van der Waals surface area (Å²) >= 11 is 0. The van der Waals surface area contributed by atoms with Crippen LogP contribution in [0.4, 0.5) is 0 Å². The van der Waals surface area contributed by atoms with Gasteiger partial charge < -0.3 is 18.0 Å². The molecule has 234 valence electrons. The fraction of sp³-hybridized carbons (Fsp3) is 0.182. The first-order chi connectivity index (χ1) is 23.5. The molecule has 0 saturated heterocycles. The molecule has 0 aliphatic rings. The monoisotopic (exact) mass is 624 g/mol. The molecule has 6 aromatic carbocycles. The van der Waals surface area contributed by atoms with E-state index in [2.05, 4.69) is 134 Å². The Kier molecular flexibility index (Phi) is 5.76. The number of hydrogen-bond acceptors (Lipinski definition) is 2. The fourth-order valence-corrected chi connectivity index (χ4v) is 8.63. The summed E-state index contributed by atoms with van der Waals surface area (Å²) < 4.78 is 17.7. The zero-order chi connectivity index (χ0) is 32.3. The van der Waals surface area contributed by atoms with Gasteiger partial charge in [0, 0.05) is 74.3 Å². The number of nitrogens with zero attached hydrogens (tertiary/aromatic N) is 2. The molecular formula is C44H36N2O2. The van der Waals surface area contributed by atoms with Crippen LogP contribution < -0.4 is 0 Å². The molecule has 0 fully saturated rings. The third-order valence-corrected chi connectivity index (χ3v) is 10.7. The molecule has 0 unspecified atom stereocenters. The molecule has 0 aliphatic heterocycles. The number of furan rings is 2. The Morgan fingerprint density at radius 2 is 1.25 bits per heavy atom. The summed E-state index contributed by atoms with van der Waals surface area (Å²) in [6.45, 7) is 4.48. The Labute approximate surface area is 277 Å². The van der Waals surface area contributed by atoms with E-state index in [1.807, 2.05) is 0 Å². The Bertz CT molecular complexity index is 2940. The first-order valence-corrected chi connectivity index (χ1v) is 17.3. The molecule has 10 rings (SSSR count). The zero-order valence-corrected chi connectivity index (χ0v) is 27.8. The molecule has 0 aliphatic carbocycles. The van der Waals surface area contributed by atoms with E-state index >= 15 is 0 Å². The number of aromatic nitrogens is 2. The van der Waals surface area contributed by atoms with Crippen molar-refractivity contribution in [3.63, 3.8) is 0 Å². The second kappa shape index (κ2) is 10.0. The molecule has 4 heteroatoms. The second-order valence-corrected chi connectivity index (χ2v) is 13.6. The van der Waals surface area contributed by atoms with E-state index in [0.29, 0.717) is 0 Å². The van der Waals surface area contributed by atoms with Crippen molar-refractivity contribution < 1.29 is 8.83 Å². The van der Waals surface area contributed by atoms with E-state index in [-0.39, 0.29) is 0 Å². The van der Waals surface area contributed by atoms with Crippen molar-refractivity contribution in [2.45, 2.75) is 39.5 Å². The first kappa shape index (κ1) is 27.6. The third-order valence-electron chi connectivity index (χ3n) is 10.7. The molecule has 0 bridgehead atoms. The smallest absolute Gasteiger partial charge is 0.137 e. The molecule has 0 spiro atoms. The van der Waals surface area contributed by atoms with Crippen LogP contribution in [-0.4, -0.2) is 9.13 Å². The van der Waals surface area contributed by atoms with Gasteiger partial charge in [-0.15, -0.1) is 0 Å². The van der Waals surface area contributed by atoms with Crippen LogP contribution in [0, 0.1) is 0 Å². The Hall–Kier alpha value is -5.48. The minimum Gasteiger partial charge on any atom is -0.456 e. The summed E-state index contributed by atoms with van der Waals surface area (Å²) in [7, 11) is 4.37. The number of rotatable bonds is 5. The summed E-state index contributed by atoms with van der Waals surface area (Å²) in [5.74, 6) is 0. The molecule has 4 nitrogen and oxygen atoms in total. The number of para-hydroxylation sites is 2. The highest BCUT2D eigenvalue weighted by Gasteiger charge is 2.20. The maximum atomic E-state index is 6.64. The highest BCUT2D eigenvalue weighted by Crippen LogP contribution is 2.43. The third kappa shape index (κ3) is 3.66. The van der Waals surface area contributed by atoms with Crippen LogP contribution in [0.1, 0.15) is 37.8 Å². The topological polar surface area (TPSA) is 36.1 Å². The number of hydrogen-bond donors (Lipinski definition) is 0. The highest BCUT2D eigenvalue weighted by molar-refractivity contribution is 6.27. The summed E-state index contributed by atoms with van der Waals surface area (Å²) in [6, 6.07) is 35.7. The van der Waals surface area contributed by atoms with Gasteiger partial charge in [0.05, 0.1) is 16.6 Å². The lowest BCUT2D eigenvalue weighted by molar-refractivity contribution is 0.668. The summed E-state index contributed by atoms with van der Waals surface area (Å²) in [6.07, 6.45) is 4.40. The number of fused-ring (bicyclic) bond motifs is 13. The lowest BCUT2D eigenvalue weighted by Crippen LogP contribution is -1.92. The lowest BCUT2D eigenvalue weighted by atomic mass is 9.99. The van der Waals surface area contributed by atoms with Crippen LogP contribution in [0.15, 0.2) is 106 Å². The van der Waals surface area contributed by atoms with Crippen LogP contribution in [-0.2, 0) is 26.9 Å². The maximum Gasteiger partial charge on any atom is 0.137 e. The van der Waals surface area contributed by atoms with Crippen LogP contribution in [0.3, 0.4) is 0 Å². The minimum atomic E-state index is 0.916. The normalized spacial score (nSPS) is 12.5. The molecule has 0 N–H and O–H groups in total. The second-order valence-electron chi connectivity index (χ2n) is 13.6. The van der Waals surface area contributed by atoms with Crippen LogP contribution in [0.5, 0.6) is 0 Å². The van der Waals surface area contributed by atoms with Gasteiger partial charge in [-0.25, -0.2) is 0 Å². The fourth-order valence-electron chi connectivity index (χ4n) is 8.63. The summed E-state index contributed by atoms with van der Waals surface area (Å²) in [4.78, 5) is 0. The molecule has 10 aromatic rings. The largest absolute Gasteiger partial charge is 0.456 e. The summed E-state index contributed by atoms with van der Waals surface area (Å²) in [5.41, 5.74) is 13.8. The zero-order valence-electron chi connectivity index (χ0n) is 27.8. The van der Waals surface area contributed by atoms with Crippen molar-refractivity contribution in [3.8, 4) is 11.1 Å². The predicted octanol–water partition coefficient (Wildman–Crippen LogP) is 12.3. The summed E-state index contributed by atoms with van der Waals surface area (Å²) in [5, 5.41) is 9.81. The molecule has 4 heterocycles. The molecular weight excluding hydrogens is 588 g/mol. The van der Waals surface area contributed by atoms with Crippen LogP contribution in [0.25, 0.3) is 98.6 Å². The van der Waals surface area contributed by atoms with E-state index in [9.17, 15) is 0 Å². The van der Waals surface area contributed by atoms with E-state index in [0.717, 1.165) is 59.0 Å². The van der Waals surface area contributed by atoms with E-state index in [1.165, 1.54) is 76.5 Å². The van der Waals surface area contributed by atoms with Crippen molar-refractivity contribution >= 4 is 87.5 Å². The molecule has 0 saturated carbocycles. The van der Waals surface area contributed by atoms with Gasteiger partial charge in [-0.3, -0.25) is 0 Å². The number of aryl methyl sites for hydroxylation is 4. The molecule has 0 radical (unpaired) electrons. The van der Waals surface area contributed by atoms with Gasteiger partial charge in [0.2, 0.25) is 0 Å². The molecule has 48 heavy (non-hydrogen) atoms. The first-order valence-electron chi connectivity index (χ1n) is 17.3. The Morgan fingerprint density at radius 1 is 0.500 bits per heavy atom. The van der Waals surface area contributed by atoms with Gasteiger partial charge in [0.15, 0.2) is 0 Å². The SMILES string of the molecule is CCCc1ccc2oc3cc4c(cc3c2c1)c1cccc(-c2ccc3c(c2)oc2ccc5c(c6cccc(CCC)c6n5C)c23)c1n4C. The van der Waals surface area contributed by atoms with Crippen molar-refractivity contribution in [2.24, 2.45) is 14.1 Å². The predicted molar refractivity (Wildman–Crippen MR) is 202 cm³/mol. The van der Waals surface area contributed by atoms with Gasteiger partial charge in [0.25, 0.3) is 0 Å². The highest BCUT2D eigenvalue weighted by atomic mass is 16.3. The van der Waals surface area contributed by atoms with Crippen molar-refractivity contribution in [3.05, 3.63) is 108 Å². The van der Waals surface area contributed by atoms with Gasteiger partial charge in [0.1, 0.15) is 22.3 Å². The Morgan fingerprint density at radius 3 is 2.12 bits per heavy atom. The van der Waals surface area contributed by atoms with Crippen molar-refractivity contribution in [1.82, 2.24) is 9.13 Å². The van der Waals surface area contributed by atoms with Crippen molar-refractivity contribution in [1.29, 1.82) is 0 Å². The minimum absolute atomic E-state index is 0.916. The lowest BCUT2D eigenvalue weighted by Gasteiger charge is -2.07. The Balaban J connectivity index is 1.18. The molecule has 0 atom stereocenters. The van der Waals surface area contributed by atoms with Crippen LogP contribution in [0.2, 0.25) is 0 Å². The average Bonchev–Trinajstić information content (AvgIpc) is 3.82. The average molecular weight is 625 g/mol. The number of benzene rings is 6. The van der Waals surface area contributed by atoms with Gasteiger partial charge in [-0.2, -0.15) is 0 Å². The van der Waals surface area contributed by atoms with Gasteiger partial charge in [-0.05, 0) is 72.0 Å². The standard InChI is InChI=1S/C44H36N2O2/c1-5-9-25-15-19-37-33(21-25)34-23-32-29-13-8-12-28(44(29)46(4)36(32)24-40(34)47-37)27-16-17-30-39(22-27)48-38-20-18-35-41(42(30)38)31-14-7-11-26(10-6-2)43(31)45(35)3/h7-8,11-24H,5-6,9-10H2,1-4H3. The van der Waals surface area contributed by atoms with Crippen LogP contribution >= 0.6 is 0 Å². The van der Waals surface area contributed by atoms with E-state index in [1.54, 1.807) is 0 Å². The van der Waals surface area contributed by atoms with Gasteiger partial charge in [-0.1, -0.05) is 75.2 Å². The van der Waals surface area contributed by atoms with Crippen molar-refractivity contribution in [2.75, 3.05) is 0 Å². The molecule has 4 aromatic heterocycles. The maximum absolute atomic E-state index is 6.64. The quantitative estimate of drug-likeness (QED) is 0.191.